The Hall–Kier alpha value is -1.81. The fraction of sp³-hybridized carbons (Fsp3) is 0.375. The van der Waals surface area contributed by atoms with Crippen molar-refractivity contribution in [3.05, 3.63) is 46.2 Å². The summed E-state index contributed by atoms with van der Waals surface area (Å²) in [5.41, 5.74) is 4.06. The third-order valence-corrected chi connectivity index (χ3v) is 4.53. The average molecular weight is 304 g/mol. The van der Waals surface area contributed by atoms with Crippen LogP contribution in [0.4, 0.5) is 5.69 Å². The van der Waals surface area contributed by atoms with E-state index in [-0.39, 0.29) is 11.7 Å². The Bertz CT molecular complexity index is 693. The lowest BCUT2D eigenvalue weighted by Gasteiger charge is -2.09. The van der Waals surface area contributed by atoms with E-state index in [2.05, 4.69) is 22.5 Å². The molecule has 3 rings (SSSR count). The SMILES string of the molecule is Cc1nn(C)c(Cl)c1CC(=O)CC1CNc2ccccc21. The molecule has 0 aliphatic carbocycles. The zero-order valence-electron chi connectivity index (χ0n) is 12.2. The molecule has 0 bridgehead atoms. The molecule has 0 radical (unpaired) electrons. The van der Waals surface area contributed by atoms with E-state index in [9.17, 15) is 4.79 Å². The molecule has 0 saturated heterocycles. The van der Waals surface area contributed by atoms with Crippen LogP contribution in [0.1, 0.15) is 29.2 Å². The number of fused-ring (bicyclic) bond motifs is 1. The van der Waals surface area contributed by atoms with Gasteiger partial charge in [-0.15, -0.1) is 0 Å². The first-order valence-electron chi connectivity index (χ1n) is 7.08. The van der Waals surface area contributed by atoms with E-state index in [4.69, 9.17) is 11.6 Å². The maximum atomic E-state index is 12.4. The number of para-hydroxylation sites is 1. The van der Waals surface area contributed by atoms with Crippen LogP contribution in [0.15, 0.2) is 24.3 Å². The van der Waals surface area contributed by atoms with E-state index in [0.29, 0.717) is 18.0 Å². The standard InChI is InChI=1S/C16H18ClN3O/c1-10-14(16(17)20(2)19-10)8-12(21)7-11-9-18-15-6-4-3-5-13(11)15/h3-6,11,18H,7-9H2,1-2H3. The number of hydrogen-bond acceptors (Lipinski definition) is 3. The van der Waals surface area contributed by atoms with Crippen molar-refractivity contribution in [2.75, 3.05) is 11.9 Å². The minimum atomic E-state index is 0.205. The minimum absolute atomic E-state index is 0.205. The highest BCUT2D eigenvalue weighted by molar-refractivity contribution is 6.30. The number of halogens is 1. The Balaban J connectivity index is 1.71. The lowest BCUT2D eigenvalue weighted by Crippen LogP contribution is -2.11. The van der Waals surface area contributed by atoms with E-state index >= 15 is 0 Å². The van der Waals surface area contributed by atoms with Crippen LogP contribution >= 0.6 is 11.6 Å². The number of rotatable bonds is 4. The molecule has 2 aromatic rings. The fourth-order valence-electron chi connectivity index (χ4n) is 2.96. The van der Waals surface area contributed by atoms with Crippen molar-refractivity contribution in [3.8, 4) is 0 Å². The molecule has 1 aromatic carbocycles. The van der Waals surface area contributed by atoms with Gasteiger partial charge in [-0.05, 0) is 18.6 Å². The molecule has 0 saturated carbocycles. The van der Waals surface area contributed by atoms with Gasteiger partial charge in [0.1, 0.15) is 10.9 Å². The van der Waals surface area contributed by atoms with Crippen LogP contribution in [-0.2, 0) is 18.3 Å². The van der Waals surface area contributed by atoms with Crippen LogP contribution in [0.25, 0.3) is 0 Å². The molecule has 4 nitrogen and oxygen atoms in total. The van der Waals surface area contributed by atoms with Gasteiger partial charge in [0, 0.05) is 43.6 Å². The number of carbonyl (C=O) groups excluding carboxylic acids is 1. The van der Waals surface area contributed by atoms with Gasteiger partial charge in [0.25, 0.3) is 0 Å². The van der Waals surface area contributed by atoms with Crippen molar-refractivity contribution >= 4 is 23.1 Å². The van der Waals surface area contributed by atoms with Crippen molar-refractivity contribution in [1.29, 1.82) is 0 Å². The second-order valence-electron chi connectivity index (χ2n) is 5.56. The second kappa shape index (κ2) is 5.53. The zero-order chi connectivity index (χ0) is 15.0. The van der Waals surface area contributed by atoms with Gasteiger partial charge in [0.15, 0.2) is 0 Å². The predicted molar refractivity (Wildman–Crippen MR) is 84.0 cm³/mol. The number of nitrogens with one attached hydrogen (secondary N) is 1. The molecule has 110 valence electrons. The lowest BCUT2D eigenvalue weighted by atomic mass is 9.93. The largest absolute Gasteiger partial charge is 0.384 e. The number of nitrogens with zero attached hydrogens (tertiary/aromatic N) is 2. The quantitative estimate of drug-likeness (QED) is 0.944. The Kier molecular flexibility index (Phi) is 3.72. The summed E-state index contributed by atoms with van der Waals surface area (Å²) in [4.78, 5) is 12.4. The van der Waals surface area contributed by atoms with Crippen LogP contribution in [0.5, 0.6) is 0 Å². The number of Topliss-reactive ketones (excluding diaryl/α,β-unsaturated/α-hetero) is 1. The smallest absolute Gasteiger partial charge is 0.138 e. The Morgan fingerprint density at radius 2 is 2.24 bits per heavy atom. The van der Waals surface area contributed by atoms with Crippen molar-refractivity contribution in [3.63, 3.8) is 0 Å². The number of anilines is 1. The normalized spacial score (nSPS) is 16.6. The first-order chi connectivity index (χ1) is 10.1. The molecule has 0 fully saturated rings. The van der Waals surface area contributed by atoms with E-state index in [0.717, 1.165) is 23.5 Å². The third kappa shape index (κ3) is 2.68. The van der Waals surface area contributed by atoms with E-state index in [1.807, 2.05) is 19.1 Å². The molecule has 0 spiro atoms. The van der Waals surface area contributed by atoms with Gasteiger partial charge in [-0.1, -0.05) is 29.8 Å². The average Bonchev–Trinajstić information content (AvgIpc) is 2.96. The van der Waals surface area contributed by atoms with Crippen LogP contribution in [0.2, 0.25) is 5.15 Å². The molecule has 0 amide bonds. The van der Waals surface area contributed by atoms with E-state index in [1.165, 1.54) is 5.56 Å². The molecule has 1 aromatic heterocycles. The number of benzene rings is 1. The van der Waals surface area contributed by atoms with Crippen molar-refractivity contribution < 1.29 is 4.79 Å². The highest BCUT2D eigenvalue weighted by Crippen LogP contribution is 2.33. The van der Waals surface area contributed by atoms with E-state index < -0.39 is 0 Å². The van der Waals surface area contributed by atoms with Gasteiger partial charge in [-0.25, -0.2) is 0 Å². The monoisotopic (exact) mass is 303 g/mol. The summed E-state index contributed by atoms with van der Waals surface area (Å²) in [5, 5.41) is 8.16. The van der Waals surface area contributed by atoms with E-state index in [1.54, 1.807) is 11.7 Å². The highest BCUT2D eigenvalue weighted by Gasteiger charge is 2.25. The summed E-state index contributed by atoms with van der Waals surface area (Å²) < 4.78 is 1.62. The van der Waals surface area contributed by atoms with Gasteiger partial charge < -0.3 is 5.32 Å². The van der Waals surface area contributed by atoms with Gasteiger partial charge in [0.05, 0.1) is 5.69 Å². The van der Waals surface area contributed by atoms with Gasteiger partial charge >= 0.3 is 0 Å². The summed E-state index contributed by atoms with van der Waals surface area (Å²) in [5.74, 6) is 0.459. The van der Waals surface area contributed by atoms with Crippen molar-refractivity contribution in [2.24, 2.45) is 7.05 Å². The summed E-state index contributed by atoms with van der Waals surface area (Å²) in [7, 11) is 1.79. The van der Waals surface area contributed by atoms with Crippen LogP contribution < -0.4 is 5.32 Å². The van der Waals surface area contributed by atoms with Crippen LogP contribution in [0.3, 0.4) is 0 Å². The number of hydrogen-bond donors (Lipinski definition) is 1. The zero-order valence-corrected chi connectivity index (χ0v) is 12.9. The maximum Gasteiger partial charge on any atom is 0.138 e. The molecule has 1 aliphatic rings. The molecular weight excluding hydrogens is 286 g/mol. The molecule has 21 heavy (non-hydrogen) atoms. The molecular formula is C16H18ClN3O. The molecule has 5 heteroatoms. The van der Waals surface area contributed by atoms with Crippen molar-refractivity contribution in [2.45, 2.75) is 25.7 Å². The highest BCUT2D eigenvalue weighted by atomic mass is 35.5. The number of carbonyl (C=O) groups is 1. The summed E-state index contributed by atoms with van der Waals surface area (Å²) in [6, 6.07) is 8.18. The number of ketones is 1. The third-order valence-electron chi connectivity index (χ3n) is 4.06. The Morgan fingerprint density at radius 3 is 2.95 bits per heavy atom. The van der Waals surface area contributed by atoms with Crippen LogP contribution in [-0.4, -0.2) is 22.1 Å². The maximum absolute atomic E-state index is 12.4. The number of aryl methyl sites for hydroxylation is 2. The predicted octanol–water partition coefficient (Wildman–Crippen LogP) is 3.09. The molecule has 1 N–H and O–H groups in total. The van der Waals surface area contributed by atoms with Gasteiger partial charge in [-0.3, -0.25) is 9.48 Å². The lowest BCUT2D eigenvalue weighted by molar-refractivity contribution is -0.118. The summed E-state index contributed by atoms with van der Waals surface area (Å²) in [6.07, 6.45) is 0.895. The minimum Gasteiger partial charge on any atom is -0.384 e. The summed E-state index contributed by atoms with van der Waals surface area (Å²) in [6.45, 7) is 2.71. The fourth-order valence-corrected chi connectivity index (χ4v) is 3.20. The number of aromatic nitrogens is 2. The first-order valence-corrected chi connectivity index (χ1v) is 7.46. The first kappa shape index (κ1) is 14.1. The Morgan fingerprint density at radius 1 is 1.48 bits per heavy atom. The van der Waals surface area contributed by atoms with Crippen LogP contribution in [0, 0.1) is 6.92 Å². The van der Waals surface area contributed by atoms with Gasteiger partial charge in [-0.2, -0.15) is 5.10 Å². The second-order valence-corrected chi connectivity index (χ2v) is 5.92. The molecule has 1 atom stereocenters. The Labute approximate surface area is 129 Å². The molecule has 1 unspecified atom stereocenters. The molecule has 1 aliphatic heterocycles. The van der Waals surface area contributed by atoms with Crippen molar-refractivity contribution in [1.82, 2.24) is 9.78 Å². The molecule has 2 heterocycles. The topological polar surface area (TPSA) is 46.9 Å². The van der Waals surface area contributed by atoms with Gasteiger partial charge in [0.2, 0.25) is 0 Å². The summed E-state index contributed by atoms with van der Waals surface area (Å²) >= 11 is 6.19.